The molecule has 25 heavy (non-hydrogen) atoms. The van der Waals surface area contributed by atoms with E-state index in [2.05, 4.69) is 20.4 Å². The number of aromatic nitrogens is 3. The first kappa shape index (κ1) is 19.5. The van der Waals surface area contributed by atoms with Gasteiger partial charge in [0.15, 0.2) is 11.0 Å². The Morgan fingerprint density at radius 3 is 2.84 bits per heavy atom. The molecule has 1 amide bonds. The quantitative estimate of drug-likeness (QED) is 0.563. The lowest BCUT2D eigenvalue weighted by Gasteiger charge is -2.08. The highest BCUT2D eigenvalue weighted by atomic mass is 35.5. The van der Waals surface area contributed by atoms with Crippen LogP contribution in [0.15, 0.2) is 35.5 Å². The minimum atomic E-state index is -0.204. The fourth-order valence-electron chi connectivity index (χ4n) is 1.95. The SMILES string of the molecule is CN(C)CCSc1nnc(CNC(=O)/C=C/c2ccccc2Cl)n1C. The number of rotatable bonds is 8. The van der Waals surface area contributed by atoms with Gasteiger partial charge in [0, 0.05) is 30.4 Å². The summed E-state index contributed by atoms with van der Waals surface area (Å²) in [5.41, 5.74) is 0.803. The summed E-state index contributed by atoms with van der Waals surface area (Å²) in [5.74, 6) is 1.45. The molecule has 0 saturated carbocycles. The molecule has 0 spiro atoms. The van der Waals surface area contributed by atoms with E-state index in [1.165, 1.54) is 6.08 Å². The molecule has 0 radical (unpaired) electrons. The Bertz CT molecular complexity index is 744. The number of hydrogen-bond acceptors (Lipinski definition) is 5. The van der Waals surface area contributed by atoms with Crippen molar-refractivity contribution in [2.75, 3.05) is 26.4 Å². The molecule has 0 aliphatic carbocycles. The van der Waals surface area contributed by atoms with E-state index in [-0.39, 0.29) is 5.91 Å². The van der Waals surface area contributed by atoms with E-state index < -0.39 is 0 Å². The Balaban J connectivity index is 1.85. The lowest BCUT2D eigenvalue weighted by Crippen LogP contribution is -2.22. The molecule has 0 fully saturated rings. The molecule has 0 atom stereocenters. The molecule has 0 aliphatic rings. The summed E-state index contributed by atoms with van der Waals surface area (Å²) in [6, 6.07) is 7.36. The Kier molecular flexibility index (Phi) is 7.49. The van der Waals surface area contributed by atoms with Crippen LogP contribution in [0.25, 0.3) is 6.08 Å². The van der Waals surface area contributed by atoms with E-state index in [1.54, 1.807) is 23.9 Å². The normalized spacial score (nSPS) is 11.4. The van der Waals surface area contributed by atoms with Crippen molar-refractivity contribution in [2.24, 2.45) is 7.05 Å². The van der Waals surface area contributed by atoms with Gasteiger partial charge in [0.2, 0.25) is 5.91 Å². The molecule has 1 aromatic heterocycles. The molecule has 1 N–H and O–H groups in total. The summed E-state index contributed by atoms with van der Waals surface area (Å²) < 4.78 is 1.90. The number of benzene rings is 1. The second-order valence-electron chi connectivity index (χ2n) is 5.68. The predicted octanol–water partition coefficient (Wildman–Crippen LogP) is 2.45. The number of amides is 1. The number of thioether (sulfide) groups is 1. The third kappa shape index (κ3) is 6.19. The molecule has 2 aromatic rings. The van der Waals surface area contributed by atoms with E-state index in [0.29, 0.717) is 17.4 Å². The third-order valence-electron chi connectivity index (χ3n) is 3.43. The highest BCUT2D eigenvalue weighted by molar-refractivity contribution is 7.99. The Labute approximate surface area is 157 Å². The van der Waals surface area contributed by atoms with Crippen molar-refractivity contribution in [2.45, 2.75) is 11.7 Å². The lowest BCUT2D eigenvalue weighted by atomic mass is 10.2. The van der Waals surface area contributed by atoms with Crippen molar-refractivity contribution in [3.63, 3.8) is 0 Å². The maximum Gasteiger partial charge on any atom is 0.244 e. The van der Waals surface area contributed by atoms with Gasteiger partial charge < -0.3 is 14.8 Å². The predicted molar refractivity (Wildman–Crippen MR) is 103 cm³/mol. The summed E-state index contributed by atoms with van der Waals surface area (Å²) in [7, 11) is 5.97. The topological polar surface area (TPSA) is 63.1 Å². The molecular formula is C17H22ClN5OS. The first-order chi connectivity index (χ1) is 12.0. The van der Waals surface area contributed by atoms with Crippen LogP contribution >= 0.6 is 23.4 Å². The monoisotopic (exact) mass is 379 g/mol. The van der Waals surface area contributed by atoms with E-state index in [0.717, 1.165) is 23.0 Å². The maximum atomic E-state index is 12.0. The van der Waals surface area contributed by atoms with Gasteiger partial charge in [-0.25, -0.2) is 0 Å². The molecule has 2 rings (SSSR count). The van der Waals surface area contributed by atoms with Crippen LogP contribution in [0.3, 0.4) is 0 Å². The molecule has 1 heterocycles. The molecule has 0 unspecified atom stereocenters. The van der Waals surface area contributed by atoms with Crippen LogP contribution in [0, 0.1) is 0 Å². The van der Waals surface area contributed by atoms with Gasteiger partial charge >= 0.3 is 0 Å². The van der Waals surface area contributed by atoms with Crippen LogP contribution in [0.5, 0.6) is 0 Å². The highest BCUT2D eigenvalue weighted by Crippen LogP contribution is 2.16. The Morgan fingerprint density at radius 2 is 2.12 bits per heavy atom. The summed E-state index contributed by atoms with van der Waals surface area (Å²) in [6.07, 6.45) is 3.15. The van der Waals surface area contributed by atoms with E-state index in [4.69, 9.17) is 11.6 Å². The number of carbonyl (C=O) groups is 1. The number of halogens is 1. The van der Waals surface area contributed by atoms with Crippen LogP contribution < -0.4 is 5.32 Å². The van der Waals surface area contributed by atoms with Crippen LogP contribution in [0.2, 0.25) is 5.02 Å². The molecule has 8 heteroatoms. The third-order valence-corrected chi connectivity index (χ3v) is 4.78. The zero-order chi connectivity index (χ0) is 18.2. The zero-order valence-corrected chi connectivity index (χ0v) is 16.1. The van der Waals surface area contributed by atoms with Crippen molar-refractivity contribution in [3.05, 3.63) is 46.8 Å². The fraction of sp³-hybridized carbons (Fsp3) is 0.353. The van der Waals surface area contributed by atoms with Crippen molar-refractivity contribution < 1.29 is 4.79 Å². The van der Waals surface area contributed by atoms with Gasteiger partial charge in [0.05, 0.1) is 6.54 Å². The van der Waals surface area contributed by atoms with Gasteiger partial charge in [-0.1, -0.05) is 41.6 Å². The second-order valence-corrected chi connectivity index (χ2v) is 7.15. The largest absolute Gasteiger partial charge is 0.345 e. The van der Waals surface area contributed by atoms with E-state index in [1.807, 2.05) is 43.9 Å². The highest BCUT2D eigenvalue weighted by Gasteiger charge is 2.09. The molecule has 0 bridgehead atoms. The van der Waals surface area contributed by atoms with Crippen molar-refractivity contribution in [3.8, 4) is 0 Å². The molecule has 0 saturated heterocycles. The Hall–Kier alpha value is -1.83. The van der Waals surface area contributed by atoms with Gasteiger partial charge in [-0.3, -0.25) is 4.79 Å². The first-order valence-electron chi connectivity index (χ1n) is 7.83. The summed E-state index contributed by atoms with van der Waals surface area (Å²) in [6.45, 7) is 1.29. The number of nitrogens with zero attached hydrogens (tertiary/aromatic N) is 4. The van der Waals surface area contributed by atoms with Gasteiger partial charge in [0.1, 0.15) is 0 Å². The van der Waals surface area contributed by atoms with E-state index in [9.17, 15) is 4.79 Å². The lowest BCUT2D eigenvalue weighted by molar-refractivity contribution is -0.116. The Morgan fingerprint density at radius 1 is 1.36 bits per heavy atom. The van der Waals surface area contributed by atoms with Gasteiger partial charge in [-0.2, -0.15) is 0 Å². The molecular weight excluding hydrogens is 358 g/mol. The minimum Gasteiger partial charge on any atom is -0.345 e. The summed E-state index contributed by atoms with van der Waals surface area (Å²) >= 11 is 7.70. The van der Waals surface area contributed by atoms with Crippen LogP contribution in [0.4, 0.5) is 0 Å². The standard InChI is InChI=1S/C17H22ClN5OS/c1-22(2)10-11-25-17-21-20-15(23(17)3)12-19-16(24)9-8-13-6-4-5-7-14(13)18/h4-9H,10-12H2,1-3H3,(H,19,24)/b9-8+. The number of carbonyl (C=O) groups excluding carboxylic acids is 1. The average molecular weight is 380 g/mol. The van der Waals surface area contributed by atoms with Crippen LogP contribution in [0.1, 0.15) is 11.4 Å². The minimum absolute atomic E-state index is 0.204. The molecule has 134 valence electrons. The first-order valence-corrected chi connectivity index (χ1v) is 9.20. The van der Waals surface area contributed by atoms with E-state index >= 15 is 0 Å². The number of nitrogens with one attached hydrogen (secondary N) is 1. The van der Waals surface area contributed by atoms with Crippen LogP contribution in [-0.4, -0.2) is 52.0 Å². The summed E-state index contributed by atoms with van der Waals surface area (Å²) in [5, 5.41) is 12.6. The van der Waals surface area contributed by atoms with Gasteiger partial charge in [-0.05, 0) is 31.8 Å². The maximum absolute atomic E-state index is 12.0. The fourth-order valence-corrected chi connectivity index (χ4v) is 3.18. The molecule has 6 nitrogen and oxygen atoms in total. The number of hydrogen-bond donors (Lipinski definition) is 1. The molecule has 0 aliphatic heterocycles. The second kappa shape index (κ2) is 9.60. The van der Waals surface area contributed by atoms with Crippen molar-refractivity contribution in [1.29, 1.82) is 0 Å². The smallest absolute Gasteiger partial charge is 0.244 e. The van der Waals surface area contributed by atoms with Crippen LogP contribution in [-0.2, 0) is 18.4 Å². The average Bonchev–Trinajstić information content (AvgIpc) is 2.92. The van der Waals surface area contributed by atoms with Gasteiger partial charge in [0.25, 0.3) is 0 Å². The molecule has 1 aromatic carbocycles. The van der Waals surface area contributed by atoms with Gasteiger partial charge in [-0.15, -0.1) is 10.2 Å². The summed E-state index contributed by atoms with van der Waals surface area (Å²) in [4.78, 5) is 14.1. The van der Waals surface area contributed by atoms with Crippen molar-refractivity contribution in [1.82, 2.24) is 25.0 Å². The zero-order valence-electron chi connectivity index (χ0n) is 14.6. The van der Waals surface area contributed by atoms with Crippen molar-refractivity contribution >= 4 is 35.3 Å².